The van der Waals surface area contributed by atoms with Gasteiger partial charge in [0.05, 0.1) is 16.7 Å². The second-order valence-electron chi connectivity index (χ2n) is 5.68. The molecule has 1 fully saturated rings. The molecule has 0 radical (unpaired) electrons. The molecular formula is C14H21BrN4. The van der Waals surface area contributed by atoms with Gasteiger partial charge >= 0.3 is 0 Å². The summed E-state index contributed by atoms with van der Waals surface area (Å²) in [6.45, 7) is 5.09. The van der Waals surface area contributed by atoms with Crippen LogP contribution in [0.1, 0.15) is 39.5 Å². The molecule has 2 unspecified atom stereocenters. The van der Waals surface area contributed by atoms with E-state index in [0.29, 0.717) is 12.0 Å². The summed E-state index contributed by atoms with van der Waals surface area (Å²) in [6, 6.07) is 2.90. The summed E-state index contributed by atoms with van der Waals surface area (Å²) in [5.41, 5.74) is -0.335. The Morgan fingerprint density at radius 1 is 1.68 bits per heavy atom. The van der Waals surface area contributed by atoms with Crippen LogP contribution in [0.3, 0.4) is 0 Å². The Morgan fingerprint density at radius 3 is 3.05 bits per heavy atom. The fourth-order valence-electron chi connectivity index (χ4n) is 3.10. The fraction of sp³-hybridized carbons (Fsp3) is 0.714. The lowest BCUT2D eigenvalue weighted by atomic mass is 9.85. The van der Waals surface area contributed by atoms with E-state index < -0.39 is 0 Å². The minimum Gasteiger partial charge on any atom is -0.297 e. The van der Waals surface area contributed by atoms with Crippen molar-refractivity contribution in [1.82, 2.24) is 15.1 Å². The number of halogens is 1. The molecule has 5 heteroatoms. The van der Waals surface area contributed by atoms with Crippen molar-refractivity contribution in [2.45, 2.75) is 57.7 Å². The topological polar surface area (TPSA) is 53.6 Å². The van der Waals surface area contributed by atoms with Gasteiger partial charge in [-0.05, 0) is 55.0 Å². The molecule has 1 aliphatic carbocycles. The molecule has 1 aliphatic rings. The maximum atomic E-state index is 9.59. The molecule has 2 rings (SSSR count). The van der Waals surface area contributed by atoms with Crippen molar-refractivity contribution in [2.24, 2.45) is 5.92 Å². The highest BCUT2D eigenvalue weighted by Crippen LogP contribution is 2.38. The smallest absolute Gasteiger partial charge is 0.109 e. The normalized spacial score (nSPS) is 26.8. The highest BCUT2D eigenvalue weighted by Gasteiger charge is 2.43. The number of aryl methyl sites for hydroxylation is 1. The highest BCUT2D eigenvalue weighted by atomic mass is 79.9. The molecule has 1 aromatic rings. The Bertz CT molecular complexity index is 462. The van der Waals surface area contributed by atoms with E-state index in [-0.39, 0.29) is 5.54 Å². The summed E-state index contributed by atoms with van der Waals surface area (Å²) in [5.74, 6) is 0.419. The molecule has 0 aromatic carbocycles. The van der Waals surface area contributed by atoms with E-state index in [2.05, 4.69) is 46.3 Å². The SMILES string of the molecule is CC(C)NC1(C#N)CCCC1CCn1cc(Br)cn1. The van der Waals surface area contributed by atoms with E-state index in [4.69, 9.17) is 0 Å². The number of rotatable bonds is 5. The van der Waals surface area contributed by atoms with E-state index in [1.165, 1.54) is 0 Å². The van der Waals surface area contributed by atoms with Crippen molar-refractivity contribution in [3.63, 3.8) is 0 Å². The molecule has 2 atom stereocenters. The van der Waals surface area contributed by atoms with Gasteiger partial charge in [-0.3, -0.25) is 10.00 Å². The summed E-state index contributed by atoms with van der Waals surface area (Å²) in [6.07, 6.45) is 8.03. The molecule has 4 nitrogen and oxygen atoms in total. The summed E-state index contributed by atoms with van der Waals surface area (Å²) >= 11 is 3.41. The van der Waals surface area contributed by atoms with Crippen LogP contribution in [0.15, 0.2) is 16.9 Å². The standard InChI is InChI=1S/C14H21BrN4/c1-11(2)18-14(10-16)6-3-4-12(14)5-7-19-9-13(15)8-17-19/h8-9,11-12,18H,3-7H2,1-2H3. The zero-order chi connectivity index (χ0) is 13.9. The van der Waals surface area contributed by atoms with Gasteiger partial charge in [0.25, 0.3) is 0 Å². The van der Waals surface area contributed by atoms with Crippen LogP contribution in [-0.4, -0.2) is 21.4 Å². The van der Waals surface area contributed by atoms with Gasteiger partial charge in [0.15, 0.2) is 0 Å². The van der Waals surface area contributed by atoms with Crippen LogP contribution in [0.5, 0.6) is 0 Å². The third-order valence-electron chi connectivity index (χ3n) is 3.87. The maximum absolute atomic E-state index is 9.59. The van der Waals surface area contributed by atoms with Gasteiger partial charge in [-0.25, -0.2) is 0 Å². The van der Waals surface area contributed by atoms with Gasteiger partial charge in [0.1, 0.15) is 5.54 Å². The Labute approximate surface area is 123 Å². The van der Waals surface area contributed by atoms with E-state index >= 15 is 0 Å². The van der Waals surface area contributed by atoms with Crippen molar-refractivity contribution in [3.8, 4) is 6.07 Å². The van der Waals surface area contributed by atoms with Gasteiger partial charge in [-0.2, -0.15) is 10.4 Å². The Balaban J connectivity index is 2.00. The zero-order valence-electron chi connectivity index (χ0n) is 11.6. The molecule has 1 heterocycles. The van der Waals surface area contributed by atoms with Crippen molar-refractivity contribution >= 4 is 15.9 Å². The van der Waals surface area contributed by atoms with Gasteiger partial charge in [-0.15, -0.1) is 0 Å². The molecule has 0 amide bonds. The van der Waals surface area contributed by atoms with Gasteiger partial charge in [0, 0.05) is 18.8 Å². The lowest BCUT2D eigenvalue weighted by Crippen LogP contribution is -2.50. The van der Waals surface area contributed by atoms with Crippen LogP contribution < -0.4 is 5.32 Å². The van der Waals surface area contributed by atoms with Crippen molar-refractivity contribution in [2.75, 3.05) is 0 Å². The average molecular weight is 325 g/mol. The van der Waals surface area contributed by atoms with Gasteiger partial charge in [-0.1, -0.05) is 6.42 Å². The Kier molecular flexibility index (Phi) is 4.64. The second-order valence-corrected chi connectivity index (χ2v) is 6.60. The molecule has 0 aliphatic heterocycles. The number of hydrogen-bond acceptors (Lipinski definition) is 3. The first kappa shape index (κ1) is 14.5. The van der Waals surface area contributed by atoms with Crippen LogP contribution in [0.4, 0.5) is 0 Å². The number of nitrogens with zero attached hydrogens (tertiary/aromatic N) is 3. The van der Waals surface area contributed by atoms with Crippen molar-refractivity contribution in [3.05, 3.63) is 16.9 Å². The average Bonchev–Trinajstić information content (AvgIpc) is 2.93. The number of nitriles is 1. The summed E-state index contributed by atoms with van der Waals surface area (Å²) in [4.78, 5) is 0. The predicted octanol–water partition coefficient (Wildman–Crippen LogP) is 3.10. The van der Waals surface area contributed by atoms with Gasteiger partial charge in [0.2, 0.25) is 0 Å². The largest absolute Gasteiger partial charge is 0.297 e. The Hall–Kier alpha value is -0.860. The third-order valence-corrected chi connectivity index (χ3v) is 4.28. The Morgan fingerprint density at radius 2 is 2.47 bits per heavy atom. The van der Waals surface area contributed by atoms with E-state index in [1.54, 1.807) is 6.20 Å². The van der Waals surface area contributed by atoms with Crippen LogP contribution in [-0.2, 0) is 6.54 Å². The van der Waals surface area contributed by atoms with E-state index in [0.717, 1.165) is 36.7 Å². The zero-order valence-corrected chi connectivity index (χ0v) is 13.2. The van der Waals surface area contributed by atoms with Crippen LogP contribution >= 0.6 is 15.9 Å². The quantitative estimate of drug-likeness (QED) is 0.905. The summed E-state index contributed by atoms with van der Waals surface area (Å²) < 4.78 is 2.95. The third kappa shape index (κ3) is 3.37. The van der Waals surface area contributed by atoms with Crippen LogP contribution in [0.2, 0.25) is 0 Å². The number of nitrogens with one attached hydrogen (secondary N) is 1. The molecule has 104 valence electrons. The molecule has 1 saturated carbocycles. The molecule has 0 saturated heterocycles. The first-order valence-electron chi connectivity index (χ1n) is 6.92. The lowest BCUT2D eigenvalue weighted by Gasteiger charge is -2.32. The van der Waals surface area contributed by atoms with E-state index in [9.17, 15) is 5.26 Å². The van der Waals surface area contributed by atoms with Gasteiger partial charge < -0.3 is 0 Å². The van der Waals surface area contributed by atoms with Crippen molar-refractivity contribution in [1.29, 1.82) is 5.26 Å². The number of hydrogen-bond donors (Lipinski definition) is 1. The van der Waals surface area contributed by atoms with Crippen LogP contribution in [0, 0.1) is 17.2 Å². The maximum Gasteiger partial charge on any atom is 0.109 e. The number of aromatic nitrogens is 2. The highest BCUT2D eigenvalue weighted by molar-refractivity contribution is 9.10. The molecule has 19 heavy (non-hydrogen) atoms. The first-order valence-corrected chi connectivity index (χ1v) is 7.72. The predicted molar refractivity (Wildman–Crippen MR) is 78.5 cm³/mol. The molecule has 1 aromatic heterocycles. The molecule has 0 bridgehead atoms. The van der Waals surface area contributed by atoms with Crippen LogP contribution in [0.25, 0.3) is 0 Å². The first-order chi connectivity index (χ1) is 9.05. The molecular weight excluding hydrogens is 304 g/mol. The fourth-order valence-corrected chi connectivity index (χ4v) is 3.43. The minimum atomic E-state index is -0.335. The lowest BCUT2D eigenvalue weighted by molar-refractivity contribution is 0.269. The monoisotopic (exact) mass is 324 g/mol. The summed E-state index contributed by atoms with van der Waals surface area (Å²) in [7, 11) is 0. The van der Waals surface area contributed by atoms with E-state index in [1.807, 2.05) is 10.9 Å². The molecule has 1 N–H and O–H groups in total. The molecule has 0 spiro atoms. The second kappa shape index (κ2) is 6.06. The van der Waals surface area contributed by atoms with Crippen molar-refractivity contribution < 1.29 is 0 Å². The minimum absolute atomic E-state index is 0.335. The summed E-state index contributed by atoms with van der Waals surface area (Å²) in [5, 5.41) is 17.4.